The maximum atomic E-state index is 12.1. The van der Waals surface area contributed by atoms with Crippen molar-refractivity contribution in [2.24, 2.45) is 11.8 Å². The van der Waals surface area contributed by atoms with Gasteiger partial charge in [-0.15, -0.1) is 5.73 Å². The van der Waals surface area contributed by atoms with Gasteiger partial charge in [0.15, 0.2) is 11.9 Å². The van der Waals surface area contributed by atoms with Gasteiger partial charge in [-0.2, -0.15) is 0 Å². The molecule has 0 heterocycles. The normalized spacial score (nSPS) is 20.3. The van der Waals surface area contributed by atoms with E-state index in [1.807, 2.05) is 19.1 Å². The van der Waals surface area contributed by atoms with Crippen LogP contribution in [0.15, 0.2) is 41.7 Å². The summed E-state index contributed by atoms with van der Waals surface area (Å²) in [6.07, 6.45) is 15.6. The molecule has 0 saturated heterocycles. The number of aliphatic hydroxyl groups is 1. The second-order valence-electron chi connectivity index (χ2n) is 6.82. The molecule has 1 unspecified atom stereocenters. The van der Waals surface area contributed by atoms with E-state index in [2.05, 4.69) is 24.8 Å². The molecule has 144 valence electrons. The summed E-state index contributed by atoms with van der Waals surface area (Å²) >= 11 is 0. The van der Waals surface area contributed by atoms with Gasteiger partial charge in [-0.1, -0.05) is 51.3 Å². The Kier molecular flexibility index (Phi) is 10.6. The fourth-order valence-corrected chi connectivity index (χ4v) is 3.02. The number of carbonyl (C=O) groups excluding carboxylic acids is 1. The van der Waals surface area contributed by atoms with Crippen LogP contribution in [-0.2, 0) is 9.59 Å². The van der Waals surface area contributed by atoms with Gasteiger partial charge in [0.1, 0.15) is 0 Å². The lowest BCUT2D eigenvalue weighted by Crippen LogP contribution is -2.19. The number of allylic oxidation sites excluding steroid dienone is 4. The van der Waals surface area contributed by atoms with Crippen LogP contribution < -0.4 is 0 Å². The molecule has 26 heavy (non-hydrogen) atoms. The summed E-state index contributed by atoms with van der Waals surface area (Å²) in [6, 6.07) is 0. The van der Waals surface area contributed by atoms with E-state index in [0.717, 1.165) is 12.0 Å². The van der Waals surface area contributed by atoms with Crippen molar-refractivity contribution in [1.29, 1.82) is 0 Å². The van der Waals surface area contributed by atoms with Gasteiger partial charge in [-0.3, -0.25) is 4.79 Å². The fourth-order valence-electron chi connectivity index (χ4n) is 3.02. The lowest BCUT2D eigenvalue weighted by atomic mass is 9.90. The third-order valence-corrected chi connectivity index (χ3v) is 4.72. The highest BCUT2D eigenvalue weighted by atomic mass is 16.4. The molecular weight excluding hydrogens is 328 g/mol. The Labute approximate surface area is 157 Å². The van der Waals surface area contributed by atoms with Crippen molar-refractivity contribution in [2.45, 2.75) is 71.3 Å². The first-order valence-corrected chi connectivity index (χ1v) is 9.72. The van der Waals surface area contributed by atoms with Crippen molar-refractivity contribution >= 4 is 11.8 Å². The molecule has 1 aliphatic carbocycles. The van der Waals surface area contributed by atoms with Crippen molar-refractivity contribution < 1.29 is 19.8 Å². The lowest BCUT2D eigenvalue weighted by molar-refractivity contribution is -0.146. The Hall–Kier alpha value is -1.90. The van der Waals surface area contributed by atoms with Gasteiger partial charge >= 0.3 is 5.97 Å². The number of aliphatic carboxylic acids is 1. The topological polar surface area (TPSA) is 74.6 Å². The fraction of sp³-hybridized carbons (Fsp3) is 0.591. The van der Waals surface area contributed by atoms with Crippen LogP contribution in [0.2, 0.25) is 0 Å². The van der Waals surface area contributed by atoms with Crippen LogP contribution in [0.25, 0.3) is 0 Å². The third-order valence-electron chi connectivity index (χ3n) is 4.72. The lowest BCUT2D eigenvalue weighted by Gasteiger charge is -2.12. The maximum absolute atomic E-state index is 12.1. The summed E-state index contributed by atoms with van der Waals surface area (Å²) < 4.78 is 0. The summed E-state index contributed by atoms with van der Waals surface area (Å²) in [5.74, 6) is -1.07. The average Bonchev–Trinajstić information content (AvgIpc) is 2.97. The molecule has 1 aliphatic rings. The molecule has 1 rings (SSSR count). The first-order valence-electron chi connectivity index (χ1n) is 9.72. The molecule has 3 atom stereocenters. The van der Waals surface area contributed by atoms with Gasteiger partial charge in [0.2, 0.25) is 0 Å². The van der Waals surface area contributed by atoms with Gasteiger partial charge in [0, 0.05) is 18.3 Å². The van der Waals surface area contributed by atoms with E-state index in [0.29, 0.717) is 12.8 Å². The number of carbonyl (C=O) groups is 2. The predicted octanol–water partition coefficient (Wildman–Crippen LogP) is 4.60. The predicted molar refractivity (Wildman–Crippen MR) is 104 cm³/mol. The van der Waals surface area contributed by atoms with Gasteiger partial charge in [0.25, 0.3) is 0 Å². The molecule has 0 spiro atoms. The summed E-state index contributed by atoms with van der Waals surface area (Å²) in [4.78, 5) is 22.8. The number of aliphatic hydroxyl groups excluding tert-OH is 1. The van der Waals surface area contributed by atoms with E-state index in [-0.39, 0.29) is 24.0 Å². The van der Waals surface area contributed by atoms with Crippen LogP contribution >= 0.6 is 0 Å². The second kappa shape index (κ2) is 12.5. The van der Waals surface area contributed by atoms with Crippen LogP contribution in [0.1, 0.15) is 65.2 Å². The highest BCUT2D eigenvalue weighted by Crippen LogP contribution is 2.27. The second-order valence-corrected chi connectivity index (χ2v) is 6.82. The number of hydrogen-bond acceptors (Lipinski definition) is 3. The van der Waals surface area contributed by atoms with Crippen molar-refractivity contribution in [3.8, 4) is 0 Å². The molecular formula is C22H32O4. The molecule has 0 amide bonds. The number of hydrogen-bond donors (Lipinski definition) is 2. The van der Waals surface area contributed by atoms with Crippen molar-refractivity contribution in [3.05, 3.63) is 41.7 Å². The van der Waals surface area contributed by atoms with Gasteiger partial charge < -0.3 is 10.2 Å². The first-order chi connectivity index (χ1) is 12.5. The highest BCUT2D eigenvalue weighted by Gasteiger charge is 2.26. The largest absolute Gasteiger partial charge is 0.479 e. The minimum absolute atomic E-state index is 0.0697. The van der Waals surface area contributed by atoms with E-state index in [4.69, 9.17) is 5.11 Å². The molecule has 0 aliphatic heterocycles. The van der Waals surface area contributed by atoms with Crippen LogP contribution in [-0.4, -0.2) is 28.1 Å². The van der Waals surface area contributed by atoms with Crippen molar-refractivity contribution in [2.75, 3.05) is 0 Å². The Balaban J connectivity index is 2.59. The van der Waals surface area contributed by atoms with Gasteiger partial charge in [-0.05, 0) is 43.4 Å². The zero-order valence-electron chi connectivity index (χ0n) is 16.0. The van der Waals surface area contributed by atoms with E-state index in [1.165, 1.54) is 25.7 Å². The van der Waals surface area contributed by atoms with E-state index < -0.39 is 12.1 Å². The van der Waals surface area contributed by atoms with Gasteiger partial charge in [0.05, 0.1) is 0 Å². The molecule has 4 heteroatoms. The van der Waals surface area contributed by atoms with E-state index >= 15 is 0 Å². The van der Waals surface area contributed by atoms with Crippen molar-refractivity contribution in [3.63, 3.8) is 0 Å². The maximum Gasteiger partial charge on any atom is 0.332 e. The Morgan fingerprint density at radius 2 is 2.08 bits per heavy atom. The molecule has 0 aromatic heterocycles. The smallest absolute Gasteiger partial charge is 0.332 e. The summed E-state index contributed by atoms with van der Waals surface area (Å²) in [7, 11) is 0. The summed E-state index contributed by atoms with van der Waals surface area (Å²) in [6.45, 7) is 4.10. The number of carboxylic acids is 1. The quantitative estimate of drug-likeness (QED) is 0.303. The number of ketones is 1. The number of unbranched alkanes of at least 4 members (excludes halogenated alkanes) is 4. The standard InChI is InChI=1S/C22H32O4/c1-3-5-6-7-8-9-12-18-14-15-20(23)19(18)13-10-11-17(4-2)16-21(24)22(25)26/h9-10,12,14-15,18-19,21,24H,3-8,13,16H2,1-2H3,(H,25,26)/t11?,18-,19+,21?/m0/s1. The zero-order chi connectivity index (χ0) is 19.4. The van der Waals surface area contributed by atoms with Crippen LogP contribution in [0, 0.1) is 11.8 Å². The number of rotatable bonds is 12. The Bertz CT molecular complexity index is 579. The number of carboxylic acid groups (broad SMARTS) is 1. The Morgan fingerprint density at radius 1 is 1.31 bits per heavy atom. The average molecular weight is 360 g/mol. The molecule has 0 aromatic carbocycles. The molecule has 0 fully saturated rings. The SMILES string of the molecule is CCCCCCC=C[C@H]1C=CC(=O)[C@@H]1CC=C=C(CC)CC(O)C(=O)O. The van der Waals surface area contributed by atoms with Crippen LogP contribution in [0.3, 0.4) is 0 Å². The van der Waals surface area contributed by atoms with E-state index in [9.17, 15) is 14.7 Å². The molecule has 0 bridgehead atoms. The molecule has 2 N–H and O–H groups in total. The molecule has 4 nitrogen and oxygen atoms in total. The molecule has 0 radical (unpaired) electrons. The molecule has 0 aromatic rings. The van der Waals surface area contributed by atoms with Crippen LogP contribution in [0.4, 0.5) is 0 Å². The minimum Gasteiger partial charge on any atom is -0.479 e. The monoisotopic (exact) mass is 360 g/mol. The highest BCUT2D eigenvalue weighted by molar-refractivity contribution is 5.95. The van der Waals surface area contributed by atoms with E-state index in [1.54, 1.807) is 6.08 Å². The Morgan fingerprint density at radius 3 is 2.73 bits per heavy atom. The third kappa shape index (κ3) is 7.99. The first kappa shape index (κ1) is 22.1. The van der Waals surface area contributed by atoms with Crippen LogP contribution in [0.5, 0.6) is 0 Å². The minimum atomic E-state index is -1.40. The van der Waals surface area contributed by atoms with Crippen molar-refractivity contribution in [1.82, 2.24) is 0 Å². The zero-order valence-corrected chi connectivity index (χ0v) is 16.0. The van der Waals surface area contributed by atoms with Gasteiger partial charge in [-0.25, -0.2) is 4.79 Å². The summed E-state index contributed by atoms with van der Waals surface area (Å²) in [5.41, 5.74) is 3.83. The molecule has 0 saturated carbocycles. The summed E-state index contributed by atoms with van der Waals surface area (Å²) in [5, 5.41) is 18.2.